The van der Waals surface area contributed by atoms with Crippen LogP contribution >= 0.6 is 0 Å². The minimum atomic E-state index is -0.438. The van der Waals surface area contributed by atoms with Gasteiger partial charge in [-0.1, -0.05) is 32.9 Å². The Morgan fingerprint density at radius 1 is 1.16 bits per heavy atom. The van der Waals surface area contributed by atoms with Crippen molar-refractivity contribution in [3.05, 3.63) is 29.8 Å². The molecule has 0 spiro atoms. The molecule has 1 aromatic rings. The summed E-state index contributed by atoms with van der Waals surface area (Å²) >= 11 is 0. The van der Waals surface area contributed by atoms with Crippen LogP contribution in [0.3, 0.4) is 0 Å². The fourth-order valence-electron chi connectivity index (χ4n) is 1.65. The van der Waals surface area contributed by atoms with E-state index in [1.807, 2.05) is 32.9 Å². The van der Waals surface area contributed by atoms with E-state index in [9.17, 15) is 4.79 Å². The fourth-order valence-corrected chi connectivity index (χ4v) is 1.65. The molecular weight excluding hydrogens is 238 g/mol. The molecule has 3 heteroatoms. The van der Waals surface area contributed by atoms with Crippen molar-refractivity contribution in [3.63, 3.8) is 0 Å². The second-order valence-electron chi connectivity index (χ2n) is 6.77. The van der Waals surface area contributed by atoms with Crippen LogP contribution in [0.25, 0.3) is 0 Å². The molecule has 0 heterocycles. The van der Waals surface area contributed by atoms with Crippen molar-refractivity contribution in [1.29, 1.82) is 0 Å². The Labute approximate surface area is 116 Å². The van der Waals surface area contributed by atoms with Crippen LogP contribution in [0.2, 0.25) is 0 Å². The molecule has 0 aliphatic heterocycles. The molecule has 0 saturated heterocycles. The van der Waals surface area contributed by atoms with Gasteiger partial charge < -0.3 is 10.1 Å². The molecule has 0 bridgehead atoms. The molecule has 19 heavy (non-hydrogen) atoms. The smallest absolute Gasteiger partial charge is 0.325 e. The molecule has 1 N–H and O–H groups in total. The minimum absolute atomic E-state index is 0.101. The SMILES string of the molecule is CC(C)(C)OC(=O)CNc1cccc(C(C)(C)C)c1. The topological polar surface area (TPSA) is 38.3 Å². The monoisotopic (exact) mass is 263 g/mol. The summed E-state index contributed by atoms with van der Waals surface area (Å²) in [6, 6.07) is 8.13. The number of rotatable bonds is 3. The Balaban J connectivity index is 2.62. The quantitative estimate of drug-likeness (QED) is 0.844. The molecular formula is C16H25NO2. The van der Waals surface area contributed by atoms with Gasteiger partial charge >= 0.3 is 5.97 Å². The van der Waals surface area contributed by atoms with E-state index in [1.165, 1.54) is 5.56 Å². The predicted octanol–water partition coefficient (Wildman–Crippen LogP) is 3.74. The van der Waals surface area contributed by atoms with Crippen LogP contribution in [0.4, 0.5) is 5.69 Å². The van der Waals surface area contributed by atoms with Gasteiger partial charge in [0.15, 0.2) is 0 Å². The third kappa shape index (κ3) is 5.77. The van der Waals surface area contributed by atoms with Gasteiger partial charge in [0.2, 0.25) is 0 Å². The number of hydrogen-bond acceptors (Lipinski definition) is 3. The zero-order valence-corrected chi connectivity index (χ0v) is 12.8. The van der Waals surface area contributed by atoms with Crippen LogP contribution in [-0.4, -0.2) is 18.1 Å². The minimum Gasteiger partial charge on any atom is -0.459 e. The maximum atomic E-state index is 11.6. The number of hydrogen-bond donors (Lipinski definition) is 1. The van der Waals surface area contributed by atoms with Crippen molar-refractivity contribution in [1.82, 2.24) is 0 Å². The average Bonchev–Trinajstić information content (AvgIpc) is 2.23. The highest BCUT2D eigenvalue weighted by Crippen LogP contribution is 2.24. The standard InChI is InChI=1S/C16H25NO2/c1-15(2,3)12-8-7-9-13(10-12)17-11-14(18)19-16(4,5)6/h7-10,17H,11H2,1-6H3. The lowest BCUT2D eigenvalue weighted by molar-refractivity contribution is -0.152. The summed E-state index contributed by atoms with van der Waals surface area (Å²) < 4.78 is 5.26. The molecule has 0 amide bonds. The van der Waals surface area contributed by atoms with Crippen molar-refractivity contribution in [3.8, 4) is 0 Å². The van der Waals surface area contributed by atoms with Gasteiger partial charge in [-0.05, 0) is 43.9 Å². The van der Waals surface area contributed by atoms with Crippen molar-refractivity contribution in [2.75, 3.05) is 11.9 Å². The summed E-state index contributed by atoms with van der Waals surface area (Å²) in [6.07, 6.45) is 0. The average molecular weight is 263 g/mol. The fraction of sp³-hybridized carbons (Fsp3) is 0.562. The first-order chi connectivity index (χ1) is 8.58. The van der Waals surface area contributed by atoms with Crippen molar-refractivity contribution in [2.24, 2.45) is 0 Å². The highest BCUT2D eigenvalue weighted by Gasteiger charge is 2.16. The first-order valence-corrected chi connectivity index (χ1v) is 6.64. The van der Waals surface area contributed by atoms with Gasteiger partial charge in [-0.25, -0.2) is 0 Å². The summed E-state index contributed by atoms with van der Waals surface area (Å²) in [7, 11) is 0. The zero-order chi connectivity index (χ0) is 14.7. The van der Waals surface area contributed by atoms with E-state index in [0.717, 1.165) is 5.69 Å². The molecule has 0 aliphatic rings. The lowest BCUT2D eigenvalue weighted by Crippen LogP contribution is -2.28. The second kappa shape index (κ2) is 5.64. The number of ether oxygens (including phenoxy) is 1. The van der Waals surface area contributed by atoms with Crippen molar-refractivity contribution >= 4 is 11.7 Å². The second-order valence-corrected chi connectivity index (χ2v) is 6.77. The number of anilines is 1. The van der Waals surface area contributed by atoms with Gasteiger partial charge in [0, 0.05) is 5.69 Å². The van der Waals surface area contributed by atoms with Gasteiger partial charge in [0.25, 0.3) is 0 Å². The van der Waals surface area contributed by atoms with E-state index >= 15 is 0 Å². The van der Waals surface area contributed by atoms with E-state index in [-0.39, 0.29) is 17.9 Å². The third-order valence-corrected chi connectivity index (χ3v) is 2.59. The van der Waals surface area contributed by atoms with Crippen molar-refractivity contribution < 1.29 is 9.53 Å². The van der Waals surface area contributed by atoms with Crippen LogP contribution in [0.5, 0.6) is 0 Å². The number of nitrogens with one attached hydrogen (secondary N) is 1. The van der Waals surface area contributed by atoms with Crippen LogP contribution in [-0.2, 0) is 14.9 Å². The van der Waals surface area contributed by atoms with Crippen molar-refractivity contribution in [2.45, 2.75) is 52.6 Å². The molecule has 0 saturated carbocycles. The van der Waals surface area contributed by atoms with E-state index in [4.69, 9.17) is 4.74 Å². The molecule has 0 aromatic heterocycles. The lowest BCUT2D eigenvalue weighted by atomic mass is 9.87. The summed E-state index contributed by atoms with van der Waals surface area (Å²) in [4.78, 5) is 11.6. The number of carbonyl (C=O) groups excluding carboxylic acids is 1. The predicted molar refractivity (Wildman–Crippen MR) is 79.5 cm³/mol. The Bertz CT molecular complexity index is 439. The molecule has 1 rings (SSSR count). The van der Waals surface area contributed by atoms with Gasteiger partial charge in [-0.3, -0.25) is 4.79 Å². The highest BCUT2D eigenvalue weighted by atomic mass is 16.6. The zero-order valence-electron chi connectivity index (χ0n) is 12.8. The Hall–Kier alpha value is -1.51. The maximum Gasteiger partial charge on any atom is 0.325 e. The van der Waals surface area contributed by atoms with Crippen LogP contribution in [0.15, 0.2) is 24.3 Å². The number of carbonyl (C=O) groups is 1. The summed E-state index contributed by atoms with van der Waals surface area (Å²) in [5.41, 5.74) is 1.84. The van der Waals surface area contributed by atoms with E-state index in [2.05, 4.69) is 38.2 Å². The largest absolute Gasteiger partial charge is 0.459 e. The van der Waals surface area contributed by atoms with Crippen LogP contribution in [0.1, 0.15) is 47.1 Å². The Kier molecular flexibility index (Phi) is 4.61. The molecule has 0 radical (unpaired) electrons. The maximum absolute atomic E-state index is 11.6. The van der Waals surface area contributed by atoms with Crippen LogP contribution < -0.4 is 5.32 Å². The lowest BCUT2D eigenvalue weighted by Gasteiger charge is -2.21. The van der Waals surface area contributed by atoms with Gasteiger partial charge in [0.1, 0.15) is 12.1 Å². The molecule has 3 nitrogen and oxygen atoms in total. The molecule has 0 fully saturated rings. The van der Waals surface area contributed by atoms with E-state index in [0.29, 0.717) is 0 Å². The van der Waals surface area contributed by atoms with Gasteiger partial charge in [-0.15, -0.1) is 0 Å². The normalized spacial score (nSPS) is 12.1. The third-order valence-electron chi connectivity index (χ3n) is 2.59. The Morgan fingerprint density at radius 2 is 1.79 bits per heavy atom. The first-order valence-electron chi connectivity index (χ1n) is 6.64. The number of benzene rings is 1. The van der Waals surface area contributed by atoms with Gasteiger partial charge in [0.05, 0.1) is 0 Å². The van der Waals surface area contributed by atoms with E-state index in [1.54, 1.807) is 0 Å². The summed E-state index contributed by atoms with van der Waals surface area (Å²) in [6.45, 7) is 12.3. The molecule has 0 atom stereocenters. The molecule has 1 aromatic carbocycles. The summed E-state index contributed by atoms with van der Waals surface area (Å²) in [5, 5.41) is 3.10. The molecule has 106 valence electrons. The first kappa shape index (κ1) is 15.5. The highest BCUT2D eigenvalue weighted by molar-refractivity contribution is 5.75. The Morgan fingerprint density at radius 3 is 2.32 bits per heavy atom. The van der Waals surface area contributed by atoms with Crippen LogP contribution in [0, 0.1) is 0 Å². The van der Waals surface area contributed by atoms with E-state index < -0.39 is 5.60 Å². The molecule has 0 unspecified atom stereocenters. The molecule has 0 aliphatic carbocycles. The van der Waals surface area contributed by atoms with Gasteiger partial charge in [-0.2, -0.15) is 0 Å². The summed E-state index contributed by atoms with van der Waals surface area (Å²) in [5.74, 6) is -0.242. The number of esters is 1.